The number of aromatic hydroxyl groups is 2. The van der Waals surface area contributed by atoms with Gasteiger partial charge in [0.2, 0.25) is 0 Å². The van der Waals surface area contributed by atoms with Gasteiger partial charge in [0.1, 0.15) is 11.5 Å². The van der Waals surface area contributed by atoms with E-state index in [1.807, 2.05) is 0 Å². The van der Waals surface area contributed by atoms with Crippen molar-refractivity contribution in [1.82, 2.24) is 0 Å². The first-order valence-electron chi connectivity index (χ1n) is 2.27. The molecule has 0 heterocycles. The zero-order chi connectivity index (χ0) is 5.98. The Labute approximate surface area is 90.4 Å². The predicted molar refractivity (Wildman–Crippen MR) is 38.3 cm³/mol. The Morgan fingerprint density at radius 3 is 1.22 bits per heavy atom. The number of rotatable bonds is 0. The second-order valence-corrected chi connectivity index (χ2v) is 1.52. The van der Waals surface area contributed by atoms with E-state index in [0.717, 1.165) is 0 Å². The fourth-order valence-corrected chi connectivity index (χ4v) is 0.453. The summed E-state index contributed by atoms with van der Waals surface area (Å²) in [5.41, 5.74) is 0. The monoisotopic (exact) mass is 200 g/mol. The van der Waals surface area contributed by atoms with Crippen molar-refractivity contribution in [3.8, 4) is 11.5 Å². The van der Waals surface area contributed by atoms with Crippen LogP contribution in [0.25, 0.3) is 0 Å². The number of phenolic OH excluding ortho intramolecular Hbond substituents is 2. The number of benzene rings is 1. The van der Waals surface area contributed by atoms with Gasteiger partial charge in [0, 0.05) is 0 Å². The summed E-state index contributed by atoms with van der Waals surface area (Å²) in [7, 11) is 0. The van der Waals surface area contributed by atoms with Gasteiger partial charge >= 0.3 is 45.5 Å². The van der Waals surface area contributed by atoms with E-state index >= 15 is 0 Å². The quantitative estimate of drug-likeness (QED) is 0.463. The molecule has 0 fully saturated rings. The molecule has 0 unspecified atom stereocenters. The van der Waals surface area contributed by atoms with Crippen molar-refractivity contribution < 1.29 is 10.2 Å². The summed E-state index contributed by atoms with van der Waals surface area (Å²) in [4.78, 5) is 0. The average molecular weight is 200 g/mol. The van der Waals surface area contributed by atoms with Crippen LogP contribution in [0.5, 0.6) is 11.5 Å². The van der Waals surface area contributed by atoms with E-state index in [1.165, 1.54) is 24.3 Å². The zero-order valence-corrected chi connectivity index (χ0v) is 4.20. The molecule has 9 heavy (non-hydrogen) atoms. The van der Waals surface area contributed by atoms with Gasteiger partial charge in [-0.3, -0.25) is 0 Å². The van der Waals surface area contributed by atoms with Crippen molar-refractivity contribution in [1.29, 1.82) is 0 Å². The van der Waals surface area contributed by atoms with Crippen LogP contribution in [-0.2, 0) is 0 Å². The fraction of sp³-hybridized carbons (Fsp3) is 0. The molecule has 46 valence electrons. The molecule has 1 aromatic rings. The summed E-state index contributed by atoms with van der Waals surface area (Å²) in [5.74, 6) is 0.339. The van der Waals surface area contributed by atoms with Gasteiger partial charge in [-0.15, -0.1) is 0 Å². The maximum absolute atomic E-state index is 8.65. The van der Waals surface area contributed by atoms with Crippen LogP contribution >= 0.6 is 0 Å². The second-order valence-electron chi connectivity index (χ2n) is 1.52. The van der Waals surface area contributed by atoms with Gasteiger partial charge < -0.3 is 10.2 Å². The van der Waals surface area contributed by atoms with E-state index in [0.29, 0.717) is 0 Å². The summed E-state index contributed by atoms with van der Waals surface area (Å²) in [6.07, 6.45) is 0. The zero-order valence-electron chi connectivity index (χ0n) is 4.20. The van der Waals surface area contributed by atoms with Crippen molar-refractivity contribution in [3.05, 3.63) is 24.3 Å². The standard InChI is InChI=1S/C6H6O2.Sr.2H/c7-5-1-2-6(8)4-3-5;;;/h1-4,7-8H;;;. The van der Waals surface area contributed by atoms with Gasteiger partial charge in [-0.1, -0.05) is 0 Å². The van der Waals surface area contributed by atoms with Gasteiger partial charge in [-0.25, -0.2) is 0 Å². The van der Waals surface area contributed by atoms with Crippen LogP contribution in [0.3, 0.4) is 0 Å². The number of hydrogen-bond donors (Lipinski definition) is 2. The van der Waals surface area contributed by atoms with Crippen LogP contribution in [0, 0.1) is 0 Å². The van der Waals surface area contributed by atoms with Crippen molar-refractivity contribution in [2.45, 2.75) is 0 Å². The summed E-state index contributed by atoms with van der Waals surface area (Å²) < 4.78 is 0. The molecule has 0 saturated carbocycles. The molecule has 2 N–H and O–H groups in total. The van der Waals surface area contributed by atoms with Gasteiger partial charge in [0.25, 0.3) is 0 Å². The third-order valence-corrected chi connectivity index (χ3v) is 0.850. The van der Waals surface area contributed by atoms with Gasteiger partial charge in [-0.05, 0) is 24.3 Å². The summed E-state index contributed by atoms with van der Waals surface area (Å²) >= 11 is 0. The molecule has 0 bridgehead atoms. The van der Waals surface area contributed by atoms with E-state index < -0.39 is 0 Å². The first kappa shape index (κ1) is 9.30. The molecule has 1 rings (SSSR count). The van der Waals surface area contributed by atoms with Crippen molar-refractivity contribution in [3.63, 3.8) is 0 Å². The minimum absolute atomic E-state index is 0. The third kappa shape index (κ3) is 3.11. The molecule has 2 nitrogen and oxygen atoms in total. The van der Waals surface area contributed by atoms with Crippen LogP contribution < -0.4 is 0 Å². The predicted octanol–water partition coefficient (Wildman–Crippen LogP) is 0.182. The minimum atomic E-state index is 0. The first-order valence-corrected chi connectivity index (χ1v) is 2.27. The summed E-state index contributed by atoms with van der Waals surface area (Å²) in [6.45, 7) is 0. The van der Waals surface area contributed by atoms with E-state index in [9.17, 15) is 0 Å². The Morgan fingerprint density at radius 2 is 1.00 bits per heavy atom. The molecule has 0 aliphatic carbocycles. The van der Waals surface area contributed by atoms with E-state index in [-0.39, 0.29) is 57.0 Å². The Hall–Kier alpha value is 0.301. The maximum atomic E-state index is 8.65. The molecule has 0 amide bonds. The summed E-state index contributed by atoms with van der Waals surface area (Å²) in [6, 6.07) is 5.70. The molecule has 0 aliphatic heterocycles. The number of phenols is 2. The van der Waals surface area contributed by atoms with Gasteiger partial charge in [0.05, 0.1) is 0 Å². The van der Waals surface area contributed by atoms with E-state index in [1.54, 1.807) is 0 Å². The van der Waals surface area contributed by atoms with Crippen LogP contribution in [0.15, 0.2) is 24.3 Å². The molecule has 0 saturated heterocycles. The fourth-order valence-electron chi connectivity index (χ4n) is 0.453. The SMILES string of the molecule is Oc1ccc(O)cc1.[SrH2]. The number of hydrogen-bond acceptors (Lipinski definition) is 2. The Bertz CT molecular complexity index is 150. The molecule has 0 aromatic heterocycles. The molecule has 0 atom stereocenters. The van der Waals surface area contributed by atoms with Crippen LogP contribution in [0.2, 0.25) is 0 Å². The molecule has 0 radical (unpaired) electrons. The van der Waals surface area contributed by atoms with E-state index in [2.05, 4.69) is 0 Å². The van der Waals surface area contributed by atoms with Crippen LogP contribution in [-0.4, -0.2) is 55.7 Å². The van der Waals surface area contributed by atoms with E-state index in [4.69, 9.17) is 10.2 Å². The molecule has 1 aromatic carbocycles. The molecule has 3 heteroatoms. The van der Waals surface area contributed by atoms with Gasteiger partial charge in [0.15, 0.2) is 0 Å². The average Bonchev–Trinajstić information content (AvgIpc) is 1.77. The van der Waals surface area contributed by atoms with Crippen molar-refractivity contribution >= 4 is 45.5 Å². The second kappa shape index (κ2) is 4.17. The van der Waals surface area contributed by atoms with Crippen LogP contribution in [0.1, 0.15) is 0 Å². The molecular formula is C6H8O2Sr. The Balaban J connectivity index is 0.000000640. The Kier molecular flexibility index (Phi) is 4.31. The van der Waals surface area contributed by atoms with Crippen molar-refractivity contribution in [2.24, 2.45) is 0 Å². The molecular weight excluding hydrogens is 192 g/mol. The third-order valence-electron chi connectivity index (χ3n) is 0.850. The van der Waals surface area contributed by atoms with Crippen LogP contribution in [0.4, 0.5) is 0 Å². The first-order chi connectivity index (χ1) is 3.79. The van der Waals surface area contributed by atoms with Crippen molar-refractivity contribution in [2.75, 3.05) is 0 Å². The molecule has 0 aliphatic rings. The normalized spacial score (nSPS) is 8.00. The summed E-state index contributed by atoms with van der Waals surface area (Å²) in [5, 5.41) is 17.3. The Morgan fingerprint density at radius 1 is 0.778 bits per heavy atom. The molecule has 0 spiro atoms. The topological polar surface area (TPSA) is 40.5 Å². The van der Waals surface area contributed by atoms with Gasteiger partial charge in [-0.2, -0.15) is 0 Å².